The number of aromatic nitrogens is 2. The van der Waals surface area contributed by atoms with Crippen LogP contribution in [-0.4, -0.2) is 23.1 Å². The highest BCUT2D eigenvalue weighted by molar-refractivity contribution is 6.13. The molecule has 9 rings (SSSR count). The second-order valence-electron chi connectivity index (χ2n) is 13.8. The minimum atomic E-state index is 0.499. The average Bonchev–Trinajstić information content (AvgIpc) is 3.88. The summed E-state index contributed by atoms with van der Waals surface area (Å²) in [6, 6.07) is 29.2. The molecule has 53 heavy (non-hydrogen) atoms. The van der Waals surface area contributed by atoms with Gasteiger partial charge in [0.1, 0.15) is 0 Å². The van der Waals surface area contributed by atoms with Gasteiger partial charge >= 0.3 is 0 Å². The summed E-state index contributed by atoms with van der Waals surface area (Å²) in [5.74, 6) is 0. The van der Waals surface area contributed by atoms with E-state index in [1.54, 1.807) is 0 Å². The van der Waals surface area contributed by atoms with Crippen molar-refractivity contribution in [1.82, 2.24) is 9.55 Å². The molecule has 268 valence electrons. The normalized spacial score (nSPS) is 16.5. The maximum atomic E-state index is 6.07. The van der Waals surface area contributed by atoms with Gasteiger partial charge in [-0.2, -0.15) is 0 Å². The Labute approximate surface area is 315 Å². The lowest BCUT2D eigenvalue weighted by Crippen LogP contribution is -2.15. The fourth-order valence-electron chi connectivity index (χ4n) is 8.06. The van der Waals surface area contributed by atoms with E-state index in [1.807, 2.05) is 27.0 Å². The maximum Gasteiger partial charge on any atom is 0.0579 e. The summed E-state index contributed by atoms with van der Waals surface area (Å²) >= 11 is 0. The number of nitrogens with one attached hydrogen (secondary N) is 1. The Kier molecular flexibility index (Phi) is 10.8. The molecule has 6 aromatic rings. The largest absolute Gasteiger partial charge is 0.367 e. The number of hydrogen-bond acceptors (Lipinski definition) is 2. The second kappa shape index (κ2) is 16.0. The molecule has 0 atom stereocenters. The van der Waals surface area contributed by atoms with Gasteiger partial charge < -0.3 is 20.2 Å². The fourth-order valence-corrected chi connectivity index (χ4v) is 8.06. The summed E-state index contributed by atoms with van der Waals surface area (Å²) in [4.78, 5) is 5.43. The smallest absolute Gasteiger partial charge is 0.0579 e. The number of H-pyrrole nitrogens is 1. The minimum Gasteiger partial charge on any atom is -0.367 e. The van der Waals surface area contributed by atoms with E-state index < -0.39 is 0 Å². The van der Waals surface area contributed by atoms with Crippen LogP contribution < -0.4 is 10.6 Å². The van der Waals surface area contributed by atoms with Crippen LogP contribution in [0.15, 0.2) is 146 Å². The summed E-state index contributed by atoms with van der Waals surface area (Å²) in [6.07, 6.45) is 24.6. The first kappa shape index (κ1) is 35.8. The summed E-state index contributed by atoms with van der Waals surface area (Å²) in [5.41, 5.74) is 23.2. The fraction of sp³-hybridized carbons (Fsp3) is 0.224. The van der Waals surface area contributed by atoms with E-state index in [0.29, 0.717) is 6.54 Å². The van der Waals surface area contributed by atoms with Gasteiger partial charge in [-0.05, 0) is 150 Å². The Morgan fingerprint density at radius 2 is 1.64 bits per heavy atom. The molecule has 0 spiro atoms. The van der Waals surface area contributed by atoms with Crippen LogP contribution in [0.4, 0.5) is 5.69 Å². The van der Waals surface area contributed by atoms with Crippen LogP contribution in [0.1, 0.15) is 63.1 Å². The van der Waals surface area contributed by atoms with Gasteiger partial charge in [0.25, 0.3) is 0 Å². The van der Waals surface area contributed by atoms with Gasteiger partial charge in [0.15, 0.2) is 0 Å². The van der Waals surface area contributed by atoms with Crippen molar-refractivity contribution >= 4 is 33.1 Å². The van der Waals surface area contributed by atoms with Crippen LogP contribution in [-0.2, 0) is 12.8 Å². The molecule has 0 unspecified atom stereocenters. The van der Waals surface area contributed by atoms with Crippen molar-refractivity contribution < 1.29 is 0 Å². The number of anilines is 1. The van der Waals surface area contributed by atoms with Gasteiger partial charge in [0.2, 0.25) is 0 Å². The lowest BCUT2D eigenvalue weighted by Gasteiger charge is -2.28. The molecular formula is C49H52N4. The van der Waals surface area contributed by atoms with E-state index >= 15 is 0 Å². The molecule has 1 aliphatic heterocycles. The van der Waals surface area contributed by atoms with E-state index in [0.717, 1.165) is 35.2 Å². The molecule has 0 saturated heterocycles. The lowest BCUT2D eigenvalue weighted by molar-refractivity contribution is 0.730. The molecule has 4 aromatic carbocycles. The predicted octanol–water partition coefficient (Wildman–Crippen LogP) is 12.5. The van der Waals surface area contributed by atoms with Gasteiger partial charge in [-0.25, -0.2) is 0 Å². The Bertz CT molecular complexity index is 2370. The summed E-state index contributed by atoms with van der Waals surface area (Å²) < 4.78 is 2.47. The molecule has 0 radical (unpaired) electrons. The van der Waals surface area contributed by atoms with Crippen molar-refractivity contribution in [1.29, 1.82) is 0 Å². The third-order valence-electron chi connectivity index (χ3n) is 10.8. The molecule has 2 aromatic heterocycles. The van der Waals surface area contributed by atoms with Crippen molar-refractivity contribution in [3.05, 3.63) is 162 Å². The zero-order valence-electron chi connectivity index (χ0n) is 31.8. The molecular weight excluding hydrogens is 645 g/mol. The van der Waals surface area contributed by atoms with Gasteiger partial charge in [-0.3, -0.25) is 0 Å². The van der Waals surface area contributed by atoms with Crippen LogP contribution in [0, 0.1) is 0 Å². The monoisotopic (exact) mass is 696 g/mol. The maximum absolute atomic E-state index is 6.07. The number of para-hydroxylation sites is 1. The molecule has 0 saturated carbocycles. The topological polar surface area (TPSA) is 50.0 Å². The van der Waals surface area contributed by atoms with Gasteiger partial charge in [0, 0.05) is 59.9 Å². The summed E-state index contributed by atoms with van der Waals surface area (Å²) in [7, 11) is 2.12. The quantitative estimate of drug-likeness (QED) is 0.180. The molecule has 3 aliphatic rings. The van der Waals surface area contributed by atoms with Gasteiger partial charge in [-0.1, -0.05) is 75.1 Å². The van der Waals surface area contributed by atoms with E-state index in [1.165, 1.54) is 92.1 Å². The second-order valence-corrected chi connectivity index (χ2v) is 13.8. The molecule has 0 fully saturated rings. The number of aryl methyl sites for hydroxylation is 2. The number of rotatable bonds is 4. The predicted molar refractivity (Wildman–Crippen MR) is 230 cm³/mol. The molecule has 0 amide bonds. The summed E-state index contributed by atoms with van der Waals surface area (Å²) in [6.45, 7) is 11.1. The third-order valence-corrected chi connectivity index (χ3v) is 10.8. The van der Waals surface area contributed by atoms with Crippen molar-refractivity contribution in [2.45, 2.75) is 59.3 Å². The Morgan fingerprint density at radius 1 is 0.849 bits per heavy atom. The van der Waals surface area contributed by atoms with Crippen molar-refractivity contribution in [3.63, 3.8) is 0 Å². The number of nitrogens with two attached hydrogens (primary N) is 1. The Balaban J connectivity index is 0.000000490. The Morgan fingerprint density at radius 3 is 2.32 bits per heavy atom. The number of fused-ring (bicyclic) bond motifs is 8. The zero-order valence-corrected chi connectivity index (χ0v) is 31.8. The highest BCUT2D eigenvalue weighted by Crippen LogP contribution is 2.45. The van der Waals surface area contributed by atoms with Crippen LogP contribution >= 0.6 is 0 Å². The van der Waals surface area contributed by atoms with Crippen LogP contribution in [0.3, 0.4) is 0 Å². The summed E-state index contributed by atoms with van der Waals surface area (Å²) in [5, 5.41) is 2.58. The van der Waals surface area contributed by atoms with Crippen molar-refractivity contribution in [2.75, 3.05) is 18.5 Å². The molecule has 3 N–H and O–H groups in total. The van der Waals surface area contributed by atoms with E-state index in [4.69, 9.17) is 5.73 Å². The highest BCUT2D eigenvalue weighted by atomic mass is 15.1. The zero-order chi connectivity index (χ0) is 36.9. The molecule has 0 bridgehead atoms. The number of nitrogens with zero attached hydrogens (tertiary/aromatic N) is 2. The molecule has 3 heterocycles. The van der Waals surface area contributed by atoms with Crippen LogP contribution in [0.5, 0.6) is 0 Å². The molecule has 4 nitrogen and oxygen atoms in total. The number of benzene rings is 4. The highest BCUT2D eigenvalue weighted by Gasteiger charge is 2.26. The van der Waals surface area contributed by atoms with Gasteiger partial charge in [-0.15, -0.1) is 0 Å². The van der Waals surface area contributed by atoms with E-state index in [2.05, 4.69) is 150 Å². The minimum absolute atomic E-state index is 0.499. The van der Waals surface area contributed by atoms with Crippen molar-refractivity contribution in [3.8, 4) is 27.9 Å². The first-order valence-electron chi connectivity index (χ1n) is 19.3. The standard InChI is InChI=1S/C41H36N4.C6H10.C2H6/c1-4-27(24-42)29-17-19-44(3)40-23-37-30(22-36(40)26(2)20-29)10-12-34-33(37)13-14-35-38-21-28(31-16-18-43-25-31)11-15-39(38)45(41(34)35)32-8-6-5-7-9-32;1-2-4-6-5-3-1;1-2/h4-9,11,13-23,25,43H,2,10,12,24,42H2,1,3H3;1-2H,3-6H2;1-2H3/b19-17-,27-4+,29-20+;;. The van der Waals surface area contributed by atoms with E-state index in [9.17, 15) is 0 Å². The first-order valence-corrected chi connectivity index (χ1v) is 19.3. The Hall–Kier alpha value is -5.58. The third kappa shape index (κ3) is 6.88. The molecule has 2 aliphatic carbocycles. The molecule has 4 heteroatoms. The van der Waals surface area contributed by atoms with Gasteiger partial charge in [0.05, 0.1) is 11.0 Å². The number of hydrogen-bond donors (Lipinski definition) is 2. The van der Waals surface area contributed by atoms with Crippen LogP contribution in [0.2, 0.25) is 0 Å². The van der Waals surface area contributed by atoms with E-state index in [-0.39, 0.29) is 0 Å². The number of allylic oxidation sites excluding steroid dienone is 6. The lowest BCUT2D eigenvalue weighted by atomic mass is 9.82. The SMILES string of the molecule is C1=CCCCC1.C=C1/C=C(/C(=C/C)CN)\C=C/N(C)c2cc3c(cc21)CCc1c-3ccc2c3cc(-c4cc[nH]c4)ccc3n(-c3ccccc3)c12.CC. The van der Waals surface area contributed by atoms with Crippen molar-refractivity contribution in [2.24, 2.45) is 5.73 Å². The van der Waals surface area contributed by atoms with Crippen LogP contribution in [0.25, 0.3) is 55.3 Å². The average molecular weight is 697 g/mol. The first-order chi connectivity index (χ1) is 26.1. The number of aromatic amines is 1.